The van der Waals surface area contributed by atoms with Crippen molar-refractivity contribution in [3.8, 4) is 22.3 Å². The third-order valence-corrected chi connectivity index (χ3v) is 15.7. The Labute approximate surface area is 445 Å². The number of hydrogen-bond donors (Lipinski definition) is 0. The normalized spacial score (nSPS) is 12.6. The van der Waals surface area contributed by atoms with Crippen molar-refractivity contribution >= 4 is 98.3 Å². The number of rotatable bonds is 8. The Balaban J connectivity index is 1.36. The van der Waals surface area contributed by atoms with Gasteiger partial charge >= 0.3 is 0 Å². The van der Waals surface area contributed by atoms with Crippen LogP contribution < -0.4 is 9.80 Å². The van der Waals surface area contributed by atoms with Gasteiger partial charge in [0, 0.05) is 53.2 Å². The first-order valence-electron chi connectivity index (χ1n) is 25.4. The predicted molar refractivity (Wildman–Crippen MR) is 321 cm³/mol. The molecule has 0 aromatic heterocycles. The lowest BCUT2D eigenvalue weighted by atomic mass is 9.83. The van der Waals surface area contributed by atoms with Gasteiger partial charge in [0.2, 0.25) is 0 Å². The molecule has 0 unspecified atom stereocenters. The molecule has 362 valence electrons. The molecule has 10 aromatic carbocycles. The summed E-state index contributed by atoms with van der Waals surface area (Å²) in [6.07, 6.45) is 0. The van der Waals surface area contributed by atoms with Crippen molar-refractivity contribution in [2.45, 2.75) is 105 Å². The van der Waals surface area contributed by atoms with Crippen LogP contribution in [0.2, 0.25) is 0 Å². The molecule has 0 bridgehead atoms. The molecule has 0 spiro atoms. The van der Waals surface area contributed by atoms with Gasteiger partial charge < -0.3 is 9.80 Å². The molecule has 10 aromatic rings. The molecule has 4 heteroatoms. The zero-order valence-electron chi connectivity index (χ0n) is 44.0. The Morgan fingerprint density at radius 3 is 0.778 bits per heavy atom. The number of hydrogen-bond acceptors (Lipinski definition) is 2. The Morgan fingerprint density at radius 1 is 0.278 bits per heavy atom. The van der Waals surface area contributed by atoms with E-state index in [2.05, 4.69) is 307 Å². The van der Waals surface area contributed by atoms with E-state index in [1.54, 1.807) is 0 Å². The summed E-state index contributed by atoms with van der Waals surface area (Å²) >= 11 is 7.53. The van der Waals surface area contributed by atoms with E-state index < -0.39 is 0 Å². The van der Waals surface area contributed by atoms with Gasteiger partial charge in [-0.25, -0.2) is 0 Å². The zero-order chi connectivity index (χ0) is 51.1. The van der Waals surface area contributed by atoms with Crippen LogP contribution in [0.4, 0.5) is 34.1 Å². The highest BCUT2D eigenvalue weighted by molar-refractivity contribution is 9.10. The summed E-state index contributed by atoms with van der Waals surface area (Å²) in [5.41, 5.74) is 16.7. The Kier molecular flexibility index (Phi) is 12.6. The second kappa shape index (κ2) is 18.4. The number of halogens is 2. The van der Waals surface area contributed by atoms with Crippen LogP contribution in [0.3, 0.4) is 0 Å². The molecule has 0 atom stereocenters. The van der Waals surface area contributed by atoms with Crippen LogP contribution in [0.15, 0.2) is 191 Å². The Bertz CT molecular complexity index is 3320. The van der Waals surface area contributed by atoms with E-state index >= 15 is 0 Å². The summed E-state index contributed by atoms with van der Waals surface area (Å²) in [7, 11) is 0. The fourth-order valence-corrected chi connectivity index (χ4v) is 10.9. The van der Waals surface area contributed by atoms with Crippen LogP contribution in [-0.4, -0.2) is 0 Å². The summed E-state index contributed by atoms with van der Waals surface area (Å²) in [6.45, 7) is 27.5. The first-order valence-corrected chi connectivity index (χ1v) is 27.0. The molecule has 0 aliphatic carbocycles. The topological polar surface area (TPSA) is 6.48 Å². The standard InChI is InChI=1S/C68H66Br2N2/c1-65(2,3)45-17-13-43(14-18-45)59-41-61(71(53-33-25-49(69)26-34-53)51-29-21-47(22-30-51)67(7,8)9)57-40-38-56-60(44-15-19-46(20-16-44)66(4,5)6)42-62(58-39-37-55(59)63(57)64(56)58)72(54-35-27-50(70)28-36-54)52-31-23-48(24-32-52)68(10,11)12/h13-42H,1-12H3. The van der Waals surface area contributed by atoms with Gasteiger partial charge in [-0.15, -0.1) is 0 Å². The molecule has 10 rings (SSSR count). The lowest BCUT2D eigenvalue weighted by Crippen LogP contribution is -2.14. The number of benzene rings is 10. The van der Waals surface area contributed by atoms with E-state index in [0.29, 0.717) is 0 Å². The van der Waals surface area contributed by atoms with Gasteiger partial charge in [0.05, 0.1) is 11.4 Å². The van der Waals surface area contributed by atoms with Crippen molar-refractivity contribution in [3.05, 3.63) is 213 Å². The van der Waals surface area contributed by atoms with Crippen molar-refractivity contribution in [1.82, 2.24) is 0 Å². The van der Waals surface area contributed by atoms with Gasteiger partial charge in [-0.05, 0) is 162 Å². The largest absolute Gasteiger partial charge is 0.310 e. The van der Waals surface area contributed by atoms with Gasteiger partial charge in [-0.1, -0.05) is 212 Å². The van der Waals surface area contributed by atoms with Crippen molar-refractivity contribution < 1.29 is 0 Å². The minimum atomic E-state index is 0.0155. The molecule has 0 aliphatic rings. The minimum Gasteiger partial charge on any atom is -0.310 e. The quantitative estimate of drug-likeness (QED) is 0.140. The van der Waals surface area contributed by atoms with E-state index in [0.717, 1.165) is 43.1 Å². The smallest absolute Gasteiger partial charge is 0.0546 e. The first-order chi connectivity index (χ1) is 34.0. The van der Waals surface area contributed by atoms with Crippen molar-refractivity contribution in [3.63, 3.8) is 0 Å². The molecule has 72 heavy (non-hydrogen) atoms. The summed E-state index contributed by atoms with van der Waals surface area (Å²) < 4.78 is 2.09. The van der Waals surface area contributed by atoms with E-state index in [-0.39, 0.29) is 21.7 Å². The lowest BCUT2D eigenvalue weighted by Gasteiger charge is -2.31. The van der Waals surface area contributed by atoms with Gasteiger partial charge in [0.25, 0.3) is 0 Å². The molecule has 0 N–H and O–H groups in total. The SMILES string of the molecule is CC(C)(C)c1ccc(-c2cc(N(c3ccc(Br)cc3)c3ccc(C(C)(C)C)cc3)c3ccc4c(-c5ccc(C(C)(C)C)cc5)cc(N(c5ccc(Br)cc5)c5ccc(C(C)(C)C)cc5)c5ccc2c3c45)cc1. The highest BCUT2D eigenvalue weighted by Crippen LogP contribution is 2.53. The van der Waals surface area contributed by atoms with Gasteiger partial charge in [0.15, 0.2) is 0 Å². The maximum absolute atomic E-state index is 3.77. The molecular formula is C68H66Br2N2. The van der Waals surface area contributed by atoms with Crippen LogP contribution in [0.5, 0.6) is 0 Å². The van der Waals surface area contributed by atoms with Crippen molar-refractivity contribution in [2.75, 3.05) is 9.80 Å². The van der Waals surface area contributed by atoms with Gasteiger partial charge in [-0.3, -0.25) is 0 Å². The van der Waals surface area contributed by atoms with Crippen LogP contribution in [-0.2, 0) is 21.7 Å². The Morgan fingerprint density at radius 2 is 0.514 bits per heavy atom. The molecule has 0 heterocycles. The molecule has 2 nitrogen and oxygen atoms in total. The third-order valence-electron chi connectivity index (χ3n) is 14.6. The lowest BCUT2D eigenvalue weighted by molar-refractivity contribution is 0.590. The second-order valence-corrected chi connectivity index (χ2v) is 25.7. The van der Waals surface area contributed by atoms with Crippen LogP contribution >= 0.6 is 31.9 Å². The third kappa shape index (κ3) is 9.38. The summed E-state index contributed by atoms with van der Waals surface area (Å²) in [6, 6.07) is 69.1. The molecule has 0 radical (unpaired) electrons. The first kappa shape index (κ1) is 49.4. The molecular weight excluding hydrogens is 1000 g/mol. The average Bonchev–Trinajstić information content (AvgIpc) is 3.34. The second-order valence-electron chi connectivity index (χ2n) is 23.8. The molecule has 0 fully saturated rings. The fraction of sp³-hybridized carbons (Fsp3) is 0.235. The highest BCUT2D eigenvalue weighted by Gasteiger charge is 2.27. The Hall–Kier alpha value is -6.20. The maximum atomic E-state index is 3.77. The average molecular weight is 1070 g/mol. The monoisotopic (exact) mass is 1070 g/mol. The van der Waals surface area contributed by atoms with Gasteiger partial charge in [0.1, 0.15) is 0 Å². The fourth-order valence-electron chi connectivity index (χ4n) is 10.4. The molecule has 0 amide bonds. The van der Waals surface area contributed by atoms with Gasteiger partial charge in [-0.2, -0.15) is 0 Å². The predicted octanol–water partition coefficient (Wildman–Crippen LogP) is 21.6. The van der Waals surface area contributed by atoms with Crippen LogP contribution in [0.25, 0.3) is 54.6 Å². The van der Waals surface area contributed by atoms with Crippen molar-refractivity contribution in [2.24, 2.45) is 0 Å². The minimum absolute atomic E-state index is 0.0155. The number of nitrogens with zero attached hydrogens (tertiary/aromatic N) is 2. The van der Waals surface area contributed by atoms with E-state index in [1.165, 1.54) is 76.8 Å². The summed E-state index contributed by atoms with van der Waals surface area (Å²) in [4.78, 5) is 4.94. The van der Waals surface area contributed by atoms with Crippen LogP contribution in [0, 0.1) is 0 Å². The molecule has 0 aliphatic heterocycles. The number of anilines is 6. The van der Waals surface area contributed by atoms with E-state index in [9.17, 15) is 0 Å². The summed E-state index contributed by atoms with van der Waals surface area (Å²) in [5.74, 6) is 0. The van der Waals surface area contributed by atoms with Crippen LogP contribution in [0.1, 0.15) is 105 Å². The maximum Gasteiger partial charge on any atom is 0.0546 e. The zero-order valence-corrected chi connectivity index (χ0v) is 47.1. The van der Waals surface area contributed by atoms with E-state index in [4.69, 9.17) is 0 Å². The van der Waals surface area contributed by atoms with E-state index in [1.807, 2.05) is 0 Å². The molecule has 0 saturated heterocycles. The summed E-state index contributed by atoms with van der Waals surface area (Å²) in [5, 5.41) is 7.34. The highest BCUT2D eigenvalue weighted by atomic mass is 79.9. The molecule has 0 saturated carbocycles. The van der Waals surface area contributed by atoms with Crippen molar-refractivity contribution in [1.29, 1.82) is 0 Å².